The summed E-state index contributed by atoms with van der Waals surface area (Å²) in [5.41, 5.74) is 0.918. The van der Waals surface area contributed by atoms with Crippen LogP contribution in [0.5, 0.6) is 0 Å². The number of methoxy groups -OCH3 is 2. The topological polar surface area (TPSA) is 85.4 Å². The van der Waals surface area contributed by atoms with Gasteiger partial charge < -0.3 is 19.1 Å². The van der Waals surface area contributed by atoms with E-state index in [1.54, 1.807) is 4.90 Å². The second-order valence-electron chi connectivity index (χ2n) is 6.80. The maximum absolute atomic E-state index is 12.8. The van der Waals surface area contributed by atoms with Gasteiger partial charge in [0.2, 0.25) is 10.0 Å². The Morgan fingerprint density at radius 3 is 2.39 bits per heavy atom. The van der Waals surface area contributed by atoms with Crippen molar-refractivity contribution in [2.75, 3.05) is 59.4 Å². The van der Waals surface area contributed by atoms with Crippen molar-refractivity contribution in [2.24, 2.45) is 5.92 Å². The third-order valence-corrected chi connectivity index (χ3v) is 6.72. The molecular weight excluding hydrogens is 384 g/mol. The smallest absolute Gasteiger partial charge is 0.410 e. The Kier molecular flexibility index (Phi) is 9.17. The average molecular weight is 415 g/mol. The zero-order valence-electron chi connectivity index (χ0n) is 16.6. The lowest BCUT2D eigenvalue weighted by Gasteiger charge is -2.23. The summed E-state index contributed by atoms with van der Waals surface area (Å²) < 4.78 is 42.3. The Labute approximate surface area is 167 Å². The highest BCUT2D eigenvalue weighted by molar-refractivity contribution is 7.89. The number of sulfonamides is 1. The van der Waals surface area contributed by atoms with Gasteiger partial charge in [0.05, 0.1) is 19.0 Å². The molecule has 1 atom stereocenters. The fourth-order valence-corrected chi connectivity index (χ4v) is 4.91. The molecule has 1 aliphatic heterocycles. The number of rotatable bonds is 11. The number of carbonyl (C=O) groups is 1. The van der Waals surface area contributed by atoms with Crippen molar-refractivity contribution in [3.8, 4) is 0 Å². The first-order valence-electron chi connectivity index (χ1n) is 9.37. The second kappa shape index (κ2) is 11.4. The molecule has 0 N–H and O–H groups in total. The van der Waals surface area contributed by atoms with E-state index in [-0.39, 0.29) is 31.4 Å². The molecule has 0 saturated carbocycles. The van der Waals surface area contributed by atoms with Crippen molar-refractivity contribution in [3.05, 3.63) is 35.9 Å². The van der Waals surface area contributed by atoms with E-state index in [1.807, 2.05) is 30.3 Å². The maximum Gasteiger partial charge on any atom is 0.410 e. The van der Waals surface area contributed by atoms with E-state index >= 15 is 0 Å². The number of hydrogen-bond acceptors (Lipinski definition) is 6. The van der Waals surface area contributed by atoms with Crippen molar-refractivity contribution < 1.29 is 27.4 Å². The second-order valence-corrected chi connectivity index (χ2v) is 8.82. The van der Waals surface area contributed by atoms with Gasteiger partial charge in [0.15, 0.2) is 0 Å². The predicted molar refractivity (Wildman–Crippen MR) is 105 cm³/mol. The molecule has 1 heterocycles. The van der Waals surface area contributed by atoms with Crippen LogP contribution in [0.3, 0.4) is 0 Å². The van der Waals surface area contributed by atoms with Crippen molar-refractivity contribution >= 4 is 16.1 Å². The Bertz CT molecular complexity index is 690. The monoisotopic (exact) mass is 414 g/mol. The molecule has 8 nitrogen and oxygen atoms in total. The lowest BCUT2D eigenvalue weighted by atomic mass is 10.2. The van der Waals surface area contributed by atoms with Crippen LogP contribution >= 0.6 is 0 Å². The third-order valence-electron chi connectivity index (χ3n) is 4.68. The largest absolute Gasteiger partial charge is 0.445 e. The number of nitrogens with zero attached hydrogens (tertiary/aromatic N) is 2. The number of carbonyl (C=O) groups excluding carboxylic acids is 1. The van der Waals surface area contributed by atoms with Crippen molar-refractivity contribution in [3.63, 3.8) is 0 Å². The van der Waals surface area contributed by atoms with Crippen LogP contribution in [0.25, 0.3) is 0 Å². The summed E-state index contributed by atoms with van der Waals surface area (Å²) in [4.78, 5) is 13.8. The molecule has 0 unspecified atom stereocenters. The molecule has 0 radical (unpaired) electrons. The Hall–Kier alpha value is -1.68. The Balaban J connectivity index is 1.84. The molecule has 9 heteroatoms. The highest BCUT2D eigenvalue weighted by Crippen LogP contribution is 2.21. The van der Waals surface area contributed by atoms with Crippen molar-refractivity contribution in [1.29, 1.82) is 0 Å². The van der Waals surface area contributed by atoms with Gasteiger partial charge in [0, 0.05) is 40.4 Å². The van der Waals surface area contributed by atoms with Crippen LogP contribution < -0.4 is 0 Å². The number of hydrogen-bond donors (Lipinski definition) is 0. The maximum atomic E-state index is 12.8. The van der Waals surface area contributed by atoms with E-state index in [0.29, 0.717) is 32.7 Å². The highest BCUT2D eigenvalue weighted by atomic mass is 32.2. The van der Waals surface area contributed by atoms with Crippen LogP contribution in [-0.2, 0) is 30.8 Å². The molecular formula is C19H30N2O6S. The summed E-state index contributed by atoms with van der Waals surface area (Å²) in [6, 6.07) is 9.46. The number of ether oxygens (including phenoxy) is 3. The molecule has 0 spiro atoms. The number of benzene rings is 1. The summed E-state index contributed by atoms with van der Waals surface area (Å²) in [5.74, 6) is -0.107. The minimum Gasteiger partial charge on any atom is -0.445 e. The van der Waals surface area contributed by atoms with Gasteiger partial charge in [0.25, 0.3) is 0 Å². The molecule has 0 aromatic heterocycles. The summed E-state index contributed by atoms with van der Waals surface area (Å²) in [7, 11) is -0.383. The normalized spacial score (nSPS) is 17.2. The molecule has 1 aromatic rings. The number of likely N-dealkylation sites (tertiary alicyclic amines) is 1. The van der Waals surface area contributed by atoms with Crippen molar-refractivity contribution in [2.45, 2.75) is 13.0 Å². The molecule has 0 bridgehead atoms. The third kappa shape index (κ3) is 7.05. The first kappa shape index (κ1) is 22.6. The van der Waals surface area contributed by atoms with Crippen LogP contribution in [-0.4, -0.2) is 83.1 Å². The van der Waals surface area contributed by atoms with E-state index in [1.165, 1.54) is 18.5 Å². The lowest BCUT2D eigenvalue weighted by molar-refractivity contribution is 0.103. The van der Waals surface area contributed by atoms with Gasteiger partial charge in [-0.25, -0.2) is 13.2 Å². The molecule has 2 rings (SSSR count). The first-order valence-corrected chi connectivity index (χ1v) is 11.0. The summed E-state index contributed by atoms with van der Waals surface area (Å²) in [6.45, 7) is 2.33. The molecule has 158 valence electrons. The van der Waals surface area contributed by atoms with Gasteiger partial charge in [-0.1, -0.05) is 30.3 Å². The SMILES string of the molecule is COCCN(CCOC)S(=O)(=O)C[C@H]1CCN(C(=O)OCc2ccccc2)C1. The van der Waals surface area contributed by atoms with Gasteiger partial charge in [-0.3, -0.25) is 0 Å². The average Bonchev–Trinajstić information content (AvgIpc) is 3.14. The van der Waals surface area contributed by atoms with Gasteiger partial charge in [-0.05, 0) is 17.9 Å². The zero-order chi connectivity index (χ0) is 20.4. The van der Waals surface area contributed by atoms with Gasteiger partial charge >= 0.3 is 6.09 Å². The van der Waals surface area contributed by atoms with E-state index < -0.39 is 16.1 Å². The molecule has 1 saturated heterocycles. The van der Waals surface area contributed by atoms with E-state index in [2.05, 4.69) is 0 Å². The number of amides is 1. The van der Waals surface area contributed by atoms with E-state index in [9.17, 15) is 13.2 Å². The van der Waals surface area contributed by atoms with Crippen LogP contribution in [0, 0.1) is 5.92 Å². The Morgan fingerprint density at radius 1 is 1.14 bits per heavy atom. The molecule has 28 heavy (non-hydrogen) atoms. The molecule has 1 amide bonds. The lowest BCUT2D eigenvalue weighted by Crippen LogP contribution is -2.40. The Morgan fingerprint density at radius 2 is 1.79 bits per heavy atom. The summed E-state index contributed by atoms with van der Waals surface area (Å²) in [5, 5.41) is 0. The van der Waals surface area contributed by atoms with E-state index in [4.69, 9.17) is 14.2 Å². The van der Waals surface area contributed by atoms with Crippen LogP contribution in [0.1, 0.15) is 12.0 Å². The summed E-state index contributed by atoms with van der Waals surface area (Å²) >= 11 is 0. The fraction of sp³-hybridized carbons (Fsp3) is 0.632. The van der Waals surface area contributed by atoms with Gasteiger partial charge in [-0.2, -0.15) is 4.31 Å². The predicted octanol–water partition coefficient (Wildman–Crippen LogP) is 1.57. The molecule has 0 aliphatic carbocycles. The van der Waals surface area contributed by atoms with Crippen LogP contribution in [0.4, 0.5) is 4.79 Å². The molecule has 1 aliphatic rings. The molecule has 1 aromatic carbocycles. The highest BCUT2D eigenvalue weighted by Gasteiger charge is 2.33. The minimum atomic E-state index is -3.46. The standard InChI is InChI=1S/C19H30N2O6S/c1-25-12-10-21(11-13-26-2)28(23,24)16-18-8-9-20(14-18)19(22)27-15-17-6-4-3-5-7-17/h3-7,18H,8-16H2,1-2H3/t18-/m0/s1. The van der Waals surface area contributed by atoms with Gasteiger partial charge in [0.1, 0.15) is 6.61 Å². The summed E-state index contributed by atoms with van der Waals surface area (Å²) in [6.07, 6.45) is 0.238. The quantitative estimate of drug-likeness (QED) is 0.546. The van der Waals surface area contributed by atoms with Crippen LogP contribution in [0.15, 0.2) is 30.3 Å². The van der Waals surface area contributed by atoms with Gasteiger partial charge in [-0.15, -0.1) is 0 Å². The van der Waals surface area contributed by atoms with E-state index in [0.717, 1.165) is 5.56 Å². The zero-order valence-corrected chi connectivity index (χ0v) is 17.4. The van der Waals surface area contributed by atoms with Crippen LogP contribution in [0.2, 0.25) is 0 Å². The molecule has 1 fully saturated rings. The fourth-order valence-electron chi connectivity index (χ4n) is 3.12. The first-order chi connectivity index (χ1) is 13.5. The minimum absolute atomic E-state index is 0.00287. The van der Waals surface area contributed by atoms with Crippen molar-refractivity contribution in [1.82, 2.24) is 9.21 Å².